The van der Waals surface area contributed by atoms with E-state index in [1.165, 1.54) is 5.56 Å². The third-order valence-corrected chi connectivity index (χ3v) is 4.74. The lowest BCUT2D eigenvalue weighted by Gasteiger charge is -2.32. The van der Waals surface area contributed by atoms with Crippen LogP contribution in [0.15, 0.2) is 28.9 Å². The van der Waals surface area contributed by atoms with Gasteiger partial charge in [0.25, 0.3) is 5.91 Å². The highest BCUT2D eigenvalue weighted by Crippen LogP contribution is 2.29. The Morgan fingerprint density at radius 1 is 1.36 bits per heavy atom. The predicted molar refractivity (Wildman–Crippen MR) is 97.0 cm³/mol. The first-order valence-electron chi connectivity index (χ1n) is 8.85. The van der Waals surface area contributed by atoms with Crippen LogP contribution < -0.4 is 4.90 Å². The lowest BCUT2D eigenvalue weighted by atomic mass is 9.91. The lowest BCUT2D eigenvalue weighted by Crippen LogP contribution is -2.39. The Kier molecular flexibility index (Phi) is 5.06. The monoisotopic (exact) mass is 342 g/mol. The molecule has 1 aliphatic heterocycles. The Morgan fingerprint density at radius 2 is 2.16 bits per heavy atom. The predicted octanol–water partition coefficient (Wildman–Crippen LogP) is 3.28. The van der Waals surface area contributed by atoms with Gasteiger partial charge in [0.05, 0.1) is 5.69 Å². The Labute approximate surface area is 148 Å². The molecule has 0 aliphatic carbocycles. The third-order valence-electron chi connectivity index (χ3n) is 4.74. The molecule has 0 spiro atoms. The Morgan fingerprint density at radius 3 is 2.84 bits per heavy atom. The summed E-state index contributed by atoms with van der Waals surface area (Å²) in [5.41, 5.74) is 2.05. The Hall–Kier alpha value is -2.37. The number of rotatable bonds is 4. The number of pyridine rings is 1. The van der Waals surface area contributed by atoms with Crippen LogP contribution in [-0.2, 0) is 0 Å². The van der Waals surface area contributed by atoms with Gasteiger partial charge in [0.2, 0.25) is 5.76 Å². The second-order valence-corrected chi connectivity index (χ2v) is 7.20. The highest BCUT2D eigenvalue weighted by atomic mass is 16.5. The van der Waals surface area contributed by atoms with Crippen molar-refractivity contribution < 1.29 is 9.32 Å². The first-order chi connectivity index (χ1) is 12.0. The van der Waals surface area contributed by atoms with Crippen molar-refractivity contribution in [3.63, 3.8) is 0 Å². The number of hydrogen-bond acceptors (Lipinski definition) is 5. The summed E-state index contributed by atoms with van der Waals surface area (Å²) in [5.74, 6) is 1.80. The van der Waals surface area contributed by atoms with Gasteiger partial charge in [0.1, 0.15) is 5.82 Å². The number of aromatic nitrogens is 2. The van der Waals surface area contributed by atoms with Gasteiger partial charge in [0, 0.05) is 45.4 Å². The van der Waals surface area contributed by atoms with Gasteiger partial charge >= 0.3 is 0 Å². The van der Waals surface area contributed by atoms with E-state index in [2.05, 4.69) is 22.3 Å². The van der Waals surface area contributed by atoms with Crippen molar-refractivity contribution >= 4 is 11.7 Å². The van der Waals surface area contributed by atoms with Gasteiger partial charge in [0.15, 0.2) is 0 Å². The summed E-state index contributed by atoms with van der Waals surface area (Å²) in [6.07, 6.45) is 3.91. The Balaban J connectivity index is 1.74. The average Bonchev–Trinajstić information content (AvgIpc) is 3.12. The van der Waals surface area contributed by atoms with Crippen LogP contribution in [0.5, 0.6) is 0 Å². The van der Waals surface area contributed by atoms with Gasteiger partial charge in [-0.2, -0.15) is 0 Å². The van der Waals surface area contributed by atoms with Crippen molar-refractivity contribution in [3.8, 4) is 0 Å². The SMILES string of the molecule is CC(C)c1cc(C(=O)N2CCC[C@@H](c3ccnc(N(C)C)c3)C2)on1. The quantitative estimate of drug-likeness (QED) is 0.853. The van der Waals surface area contributed by atoms with Crippen LogP contribution >= 0.6 is 0 Å². The van der Waals surface area contributed by atoms with E-state index < -0.39 is 0 Å². The fourth-order valence-electron chi connectivity index (χ4n) is 3.18. The van der Waals surface area contributed by atoms with E-state index in [1.807, 2.05) is 43.9 Å². The summed E-state index contributed by atoms with van der Waals surface area (Å²) in [4.78, 5) is 21.0. The first kappa shape index (κ1) is 17.5. The second-order valence-electron chi connectivity index (χ2n) is 7.20. The summed E-state index contributed by atoms with van der Waals surface area (Å²) in [6, 6.07) is 5.94. The number of carbonyl (C=O) groups excluding carboxylic acids is 1. The van der Waals surface area contributed by atoms with E-state index in [9.17, 15) is 4.79 Å². The average molecular weight is 342 g/mol. The molecule has 0 N–H and O–H groups in total. The molecule has 3 rings (SSSR count). The maximum atomic E-state index is 12.8. The maximum absolute atomic E-state index is 12.8. The van der Waals surface area contributed by atoms with Crippen molar-refractivity contribution in [2.45, 2.75) is 38.5 Å². The molecular formula is C19H26N4O2. The molecule has 2 aromatic rings. The number of nitrogens with zero attached hydrogens (tertiary/aromatic N) is 4. The van der Waals surface area contributed by atoms with E-state index >= 15 is 0 Å². The largest absolute Gasteiger partial charge is 0.363 e. The molecule has 134 valence electrons. The van der Waals surface area contributed by atoms with Gasteiger partial charge in [-0.1, -0.05) is 19.0 Å². The van der Waals surface area contributed by atoms with Crippen molar-refractivity contribution in [2.24, 2.45) is 0 Å². The molecule has 0 radical (unpaired) electrons. The summed E-state index contributed by atoms with van der Waals surface area (Å²) < 4.78 is 5.27. The normalized spacial score (nSPS) is 17.8. The molecule has 1 saturated heterocycles. The molecule has 3 heterocycles. The van der Waals surface area contributed by atoms with Gasteiger partial charge in [-0.15, -0.1) is 0 Å². The molecule has 6 nitrogen and oxygen atoms in total. The number of amides is 1. The van der Waals surface area contributed by atoms with Crippen molar-refractivity contribution in [2.75, 3.05) is 32.1 Å². The number of anilines is 1. The molecule has 0 saturated carbocycles. The molecule has 0 aromatic carbocycles. The standard InChI is InChI=1S/C19H26N4O2/c1-13(2)16-11-17(25-21-16)19(24)23-9-5-6-15(12-23)14-7-8-20-18(10-14)22(3)4/h7-8,10-11,13,15H,5-6,9,12H2,1-4H3/t15-/m1/s1. The van der Waals surface area contributed by atoms with Crippen LogP contribution in [0.25, 0.3) is 0 Å². The van der Waals surface area contributed by atoms with E-state index in [0.717, 1.165) is 30.9 Å². The van der Waals surface area contributed by atoms with Crippen LogP contribution in [0.3, 0.4) is 0 Å². The molecule has 1 atom stereocenters. The summed E-state index contributed by atoms with van der Waals surface area (Å²) in [6.45, 7) is 5.54. The van der Waals surface area contributed by atoms with Crippen LogP contribution in [0.2, 0.25) is 0 Å². The molecule has 25 heavy (non-hydrogen) atoms. The Bertz CT molecular complexity index is 739. The van der Waals surface area contributed by atoms with Gasteiger partial charge in [-0.25, -0.2) is 4.98 Å². The molecule has 1 amide bonds. The molecule has 0 bridgehead atoms. The molecule has 2 aromatic heterocycles. The van der Waals surface area contributed by atoms with Crippen LogP contribution in [-0.4, -0.2) is 48.1 Å². The van der Waals surface area contributed by atoms with Crippen molar-refractivity contribution in [1.82, 2.24) is 15.0 Å². The van der Waals surface area contributed by atoms with E-state index in [1.54, 1.807) is 6.07 Å². The first-order valence-corrected chi connectivity index (χ1v) is 8.85. The van der Waals surface area contributed by atoms with Crippen LogP contribution in [0.1, 0.15) is 60.3 Å². The molecule has 0 unspecified atom stereocenters. The minimum absolute atomic E-state index is 0.0639. The molecule has 1 aliphatic rings. The minimum atomic E-state index is -0.0639. The van der Waals surface area contributed by atoms with E-state index in [0.29, 0.717) is 18.2 Å². The summed E-state index contributed by atoms with van der Waals surface area (Å²) in [7, 11) is 3.97. The number of carbonyl (C=O) groups is 1. The van der Waals surface area contributed by atoms with Crippen molar-refractivity contribution in [3.05, 3.63) is 41.4 Å². The number of piperidine rings is 1. The van der Waals surface area contributed by atoms with Gasteiger partial charge in [-0.3, -0.25) is 4.79 Å². The van der Waals surface area contributed by atoms with Crippen LogP contribution in [0, 0.1) is 0 Å². The minimum Gasteiger partial charge on any atom is -0.363 e. The highest BCUT2D eigenvalue weighted by molar-refractivity contribution is 5.91. The fourth-order valence-corrected chi connectivity index (χ4v) is 3.18. The summed E-state index contributed by atoms with van der Waals surface area (Å²) >= 11 is 0. The zero-order valence-corrected chi connectivity index (χ0v) is 15.4. The maximum Gasteiger partial charge on any atom is 0.292 e. The smallest absolute Gasteiger partial charge is 0.292 e. The van der Waals surface area contributed by atoms with Crippen LogP contribution in [0.4, 0.5) is 5.82 Å². The molecule has 6 heteroatoms. The lowest BCUT2D eigenvalue weighted by molar-refractivity contribution is 0.0665. The second kappa shape index (κ2) is 7.25. The van der Waals surface area contributed by atoms with E-state index in [-0.39, 0.29) is 11.8 Å². The molecule has 1 fully saturated rings. The van der Waals surface area contributed by atoms with Crippen molar-refractivity contribution in [1.29, 1.82) is 0 Å². The third kappa shape index (κ3) is 3.83. The fraction of sp³-hybridized carbons (Fsp3) is 0.526. The summed E-state index contributed by atoms with van der Waals surface area (Å²) in [5, 5.41) is 4.00. The topological polar surface area (TPSA) is 62.5 Å². The zero-order chi connectivity index (χ0) is 18.0. The van der Waals surface area contributed by atoms with Gasteiger partial charge < -0.3 is 14.3 Å². The number of likely N-dealkylation sites (tertiary alicyclic amines) is 1. The highest BCUT2D eigenvalue weighted by Gasteiger charge is 2.28. The zero-order valence-electron chi connectivity index (χ0n) is 15.4. The molecular weight excluding hydrogens is 316 g/mol. The number of hydrogen-bond donors (Lipinski definition) is 0. The van der Waals surface area contributed by atoms with Gasteiger partial charge in [-0.05, 0) is 36.5 Å². The van der Waals surface area contributed by atoms with E-state index in [4.69, 9.17) is 4.52 Å².